The fraction of sp³-hybridized carbons (Fsp3) is 0.250. The van der Waals surface area contributed by atoms with Gasteiger partial charge in [-0.05, 0) is 0 Å². The summed E-state index contributed by atoms with van der Waals surface area (Å²) in [5.41, 5.74) is 0. The Morgan fingerprint density at radius 1 is 1.93 bits per heavy atom. The Labute approximate surface area is 89.9 Å². The van der Waals surface area contributed by atoms with Crippen LogP contribution in [0.2, 0.25) is 5.15 Å². The van der Waals surface area contributed by atoms with Gasteiger partial charge in [-0.3, -0.25) is 0 Å². The van der Waals surface area contributed by atoms with Gasteiger partial charge >= 0.3 is 5.97 Å². The predicted octanol–water partition coefficient (Wildman–Crippen LogP) is 1.68. The highest BCUT2D eigenvalue weighted by atomic mass is 35.5. The minimum Gasteiger partial charge on any atom is -0.480 e. The fourth-order valence-corrected chi connectivity index (χ4v) is 1.68. The molecule has 14 heavy (non-hydrogen) atoms. The predicted molar refractivity (Wildman–Crippen MR) is 55.6 cm³/mol. The van der Waals surface area contributed by atoms with Gasteiger partial charge in [0.1, 0.15) is 11.2 Å². The number of nitrogens with zero attached hydrogens (tertiary/aromatic N) is 1. The number of carboxylic acids is 1. The average molecular weight is 231 g/mol. The van der Waals surface area contributed by atoms with Gasteiger partial charge in [0.2, 0.25) is 0 Å². The van der Waals surface area contributed by atoms with Gasteiger partial charge in [0.25, 0.3) is 0 Å². The lowest BCUT2D eigenvalue weighted by molar-refractivity contribution is -0.137. The topological polar surface area (TPSA) is 62.2 Å². The number of hydrogen-bond donors (Lipinski definition) is 2. The summed E-state index contributed by atoms with van der Waals surface area (Å²) in [7, 11) is 0. The van der Waals surface area contributed by atoms with E-state index >= 15 is 0 Å². The van der Waals surface area contributed by atoms with Crippen molar-refractivity contribution in [3.05, 3.63) is 10.5 Å². The van der Waals surface area contributed by atoms with E-state index in [2.05, 4.69) is 16.2 Å². The molecule has 6 heteroatoms. The van der Waals surface area contributed by atoms with Gasteiger partial charge in [-0.1, -0.05) is 11.6 Å². The van der Waals surface area contributed by atoms with E-state index in [1.807, 2.05) is 0 Å². The van der Waals surface area contributed by atoms with Crippen LogP contribution in [0.5, 0.6) is 0 Å². The molecular weight excluding hydrogens is 224 g/mol. The molecule has 0 saturated carbocycles. The number of halogens is 1. The third-order valence-corrected chi connectivity index (χ3v) is 2.49. The Morgan fingerprint density at radius 3 is 3.07 bits per heavy atom. The van der Waals surface area contributed by atoms with E-state index in [-0.39, 0.29) is 6.42 Å². The van der Waals surface area contributed by atoms with Crippen LogP contribution in [0.3, 0.4) is 0 Å². The van der Waals surface area contributed by atoms with Gasteiger partial charge in [0.15, 0.2) is 5.13 Å². The molecule has 0 bridgehead atoms. The Balaban J connectivity index is 2.65. The van der Waals surface area contributed by atoms with E-state index < -0.39 is 12.0 Å². The molecule has 1 unspecified atom stereocenters. The number of aromatic nitrogens is 1. The van der Waals surface area contributed by atoms with Gasteiger partial charge in [0.05, 0.1) is 0 Å². The lowest BCUT2D eigenvalue weighted by Crippen LogP contribution is -2.28. The van der Waals surface area contributed by atoms with E-state index in [0.717, 1.165) is 0 Å². The van der Waals surface area contributed by atoms with Crippen molar-refractivity contribution in [1.82, 2.24) is 4.98 Å². The zero-order chi connectivity index (χ0) is 10.6. The smallest absolute Gasteiger partial charge is 0.327 e. The molecule has 0 aliphatic carbocycles. The lowest BCUT2D eigenvalue weighted by Gasteiger charge is -2.09. The number of carbonyl (C=O) groups is 1. The van der Waals surface area contributed by atoms with Crippen molar-refractivity contribution in [2.24, 2.45) is 0 Å². The number of hydrogen-bond acceptors (Lipinski definition) is 4. The second-order valence-corrected chi connectivity index (χ2v) is 3.66. The van der Waals surface area contributed by atoms with Crippen LogP contribution >= 0.6 is 22.9 Å². The monoisotopic (exact) mass is 230 g/mol. The van der Waals surface area contributed by atoms with Gasteiger partial charge in [-0.15, -0.1) is 23.7 Å². The summed E-state index contributed by atoms with van der Waals surface area (Å²) in [6.07, 6.45) is 5.13. The highest BCUT2D eigenvalue weighted by Gasteiger charge is 2.16. The largest absolute Gasteiger partial charge is 0.480 e. The number of terminal acetylenes is 1. The zero-order valence-corrected chi connectivity index (χ0v) is 8.60. The van der Waals surface area contributed by atoms with Crippen LogP contribution in [0.25, 0.3) is 0 Å². The molecule has 0 spiro atoms. The Morgan fingerprint density at radius 2 is 2.64 bits per heavy atom. The highest BCUT2D eigenvalue weighted by molar-refractivity contribution is 7.14. The summed E-state index contributed by atoms with van der Waals surface area (Å²) in [5, 5.41) is 13.8. The zero-order valence-electron chi connectivity index (χ0n) is 7.03. The van der Waals surface area contributed by atoms with Crippen LogP contribution in [0, 0.1) is 12.3 Å². The Hall–Kier alpha value is -1.25. The standard InChI is InChI=1S/C8H7ClN2O2S/c1-2-3-5(7(12)13)10-8-11-6(9)4-14-8/h1,4-5H,3H2,(H,10,11)(H,12,13). The molecule has 0 aliphatic rings. The van der Waals surface area contributed by atoms with Crippen molar-refractivity contribution in [2.75, 3.05) is 5.32 Å². The molecule has 0 saturated heterocycles. The highest BCUT2D eigenvalue weighted by Crippen LogP contribution is 2.20. The molecule has 0 aromatic carbocycles. The van der Waals surface area contributed by atoms with Gasteiger partial charge in [-0.2, -0.15) is 0 Å². The maximum absolute atomic E-state index is 10.7. The molecular formula is C8H7ClN2O2S. The summed E-state index contributed by atoms with van der Waals surface area (Å²) < 4.78 is 0. The molecule has 74 valence electrons. The van der Waals surface area contributed by atoms with E-state index in [0.29, 0.717) is 10.3 Å². The fourth-order valence-electron chi connectivity index (χ4n) is 0.787. The molecule has 1 rings (SSSR count). The van der Waals surface area contributed by atoms with E-state index in [1.54, 1.807) is 5.38 Å². The van der Waals surface area contributed by atoms with E-state index in [4.69, 9.17) is 23.1 Å². The number of aliphatic carboxylic acids is 1. The van der Waals surface area contributed by atoms with Gasteiger partial charge < -0.3 is 10.4 Å². The van der Waals surface area contributed by atoms with Crippen molar-refractivity contribution in [3.8, 4) is 12.3 Å². The summed E-state index contributed by atoms with van der Waals surface area (Å²) in [4.78, 5) is 14.5. The normalized spacial score (nSPS) is 11.7. The first-order chi connectivity index (χ1) is 6.63. The first-order valence-corrected chi connectivity index (χ1v) is 4.93. The number of anilines is 1. The number of carboxylic acid groups (broad SMARTS) is 1. The van der Waals surface area contributed by atoms with Crippen LogP contribution in [0.15, 0.2) is 5.38 Å². The molecule has 1 aromatic heterocycles. The Kier molecular flexibility index (Phi) is 3.74. The molecule has 4 nitrogen and oxygen atoms in total. The summed E-state index contributed by atoms with van der Waals surface area (Å²) in [6, 6.07) is -0.817. The summed E-state index contributed by atoms with van der Waals surface area (Å²) in [6.45, 7) is 0. The number of thiazole rings is 1. The van der Waals surface area contributed by atoms with E-state index in [1.165, 1.54) is 11.3 Å². The third-order valence-electron chi connectivity index (χ3n) is 1.39. The van der Waals surface area contributed by atoms with Crippen molar-refractivity contribution >= 4 is 34.0 Å². The molecule has 1 atom stereocenters. The van der Waals surface area contributed by atoms with Crippen molar-refractivity contribution in [1.29, 1.82) is 0 Å². The van der Waals surface area contributed by atoms with Crippen LogP contribution in [-0.2, 0) is 4.79 Å². The SMILES string of the molecule is C#CCC(Nc1nc(Cl)cs1)C(=O)O. The first kappa shape index (κ1) is 10.8. The first-order valence-electron chi connectivity index (χ1n) is 3.67. The number of rotatable bonds is 4. The quantitative estimate of drug-likeness (QED) is 0.773. The average Bonchev–Trinajstić information content (AvgIpc) is 2.50. The minimum atomic E-state index is -1.01. The third kappa shape index (κ3) is 2.91. The maximum Gasteiger partial charge on any atom is 0.327 e. The Bertz CT molecular complexity index is 372. The van der Waals surface area contributed by atoms with E-state index in [9.17, 15) is 4.79 Å². The molecule has 0 radical (unpaired) electrons. The maximum atomic E-state index is 10.7. The van der Waals surface area contributed by atoms with Crippen molar-refractivity contribution < 1.29 is 9.90 Å². The van der Waals surface area contributed by atoms with Crippen LogP contribution in [-0.4, -0.2) is 22.1 Å². The van der Waals surface area contributed by atoms with Crippen LogP contribution < -0.4 is 5.32 Å². The van der Waals surface area contributed by atoms with Crippen LogP contribution in [0.1, 0.15) is 6.42 Å². The molecule has 2 N–H and O–H groups in total. The lowest BCUT2D eigenvalue weighted by atomic mass is 10.2. The van der Waals surface area contributed by atoms with Gasteiger partial charge in [0, 0.05) is 11.8 Å². The second-order valence-electron chi connectivity index (χ2n) is 2.42. The number of nitrogens with one attached hydrogen (secondary N) is 1. The van der Waals surface area contributed by atoms with Gasteiger partial charge in [-0.25, -0.2) is 9.78 Å². The molecule has 0 amide bonds. The molecule has 0 aliphatic heterocycles. The molecule has 1 aromatic rings. The molecule has 0 fully saturated rings. The summed E-state index contributed by atoms with van der Waals surface area (Å²) >= 11 is 6.81. The van der Waals surface area contributed by atoms with Crippen LogP contribution in [0.4, 0.5) is 5.13 Å². The minimum absolute atomic E-state index is 0.104. The van der Waals surface area contributed by atoms with Crippen molar-refractivity contribution in [3.63, 3.8) is 0 Å². The van der Waals surface area contributed by atoms with Crippen molar-refractivity contribution in [2.45, 2.75) is 12.5 Å². The molecule has 1 heterocycles. The summed E-state index contributed by atoms with van der Waals surface area (Å²) in [5.74, 6) is 1.27. The second kappa shape index (κ2) is 4.84.